The molecular weight excluding hydrogens is 487 g/mol. The van der Waals surface area contributed by atoms with E-state index in [1.165, 1.54) is 44.4 Å². The normalized spacial score (nSPS) is 15.7. The first-order valence-corrected chi connectivity index (χ1v) is 11.6. The van der Waals surface area contributed by atoms with Crippen molar-refractivity contribution >= 4 is 44.9 Å². The van der Waals surface area contributed by atoms with Gasteiger partial charge >= 0.3 is 0 Å². The number of carbonyl (C=O) groups excluding carboxylic acids is 3. The molecule has 2 aromatic carbocycles. The van der Waals surface area contributed by atoms with Crippen LogP contribution in [0.3, 0.4) is 0 Å². The second-order valence-corrected chi connectivity index (χ2v) is 9.15. The van der Waals surface area contributed by atoms with Crippen molar-refractivity contribution in [3.05, 3.63) is 87.6 Å². The summed E-state index contributed by atoms with van der Waals surface area (Å²) in [6, 6.07) is 10.7. The predicted octanol–water partition coefficient (Wildman–Crippen LogP) is 5.33. The number of methoxy groups -OCH3 is 1. The molecule has 0 aliphatic carbocycles. The van der Waals surface area contributed by atoms with Crippen molar-refractivity contribution in [3.8, 4) is 5.75 Å². The fourth-order valence-corrected chi connectivity index (χ4v) is 5.24. The van der Waals surface area contributed by atoms with Gasteiger partial charge in [-0.25, -0.2) is 9.37 Å². The average Bonchev–Trinajstić information content (AvgIpc) is 3.53. The summed E-state index contributed by atoms with van der Waals surface area (Å²) in [5, 5.41) is 11.6. The van der Waals surface area contributed by atoms with Crippen LogP contribution in [-0.2, 0) is 4.79 Å². The summed E-state index contributed by atoms with van der Waals surface area (Å²) in [7, 11) is 1.47. The molecule has 1 aliphatic rings. The Labute approximate surface area is 208 Å². The number of rotatable bonds is 6. The van der Waals surface area contributed by atoms with E-state index in [1.54, 1.807) is 25.1 Å². The van der Waals surface area contributed by atoms with Crippen LogP contribution in [0.25, 0.3) is 11.0 Å². The van der Waals surface area contributed by atoms with Gasteiger partial charge in [-0.15, -0.1) is 0 Å². The number of carbonyl (C=O) groups is 3. The van der Waals surface area contributed by atoms with Crippen LogP contribution in [0.2, 0.25) is 0 Å². The van der Waals surface area contributed by atoms with Gasteiger partial charge in [0.2, 0.25) is 5.78 Å². The number of thiazole rings is 1. The molecular formula is C26H19FN2O6S. The Kier molecular flexibility index (Phi) is 5.68. The van der Waals surface area contributed by atoms with Crippen molar-refractivity contribution in [1.29, 1.82) is 0 Å². The molecule has 8 nitrogen and oxygen atoms in total. The molecule has 1 N–H and O–H groups in total. The highest BCUT2D eigenvalue weighted by molar-refractivity contribution is 7.17. The van der Waals surface area contributed by atoms with Crippen molar-refractivity contribution in [2.75, 3.05) is 12.0 Å². The molecule has 3 heterocycles. The highest BCUT2D eigenvalue weighted by atomic mass is 32.1. The molecule has 0 unspecified atom stereocenters. The first-order valence-electron chi connectivity index (χ1n) is 10.8. The van der Waals surface area contributed by atoms with Crippen LogP contribution in [-0.4, -0.2) is 34.7 Å². The summed E-state index contributed by atoms with van der Waals surface area (Å²) < 4.78 is 24.8. The molecule has 1 atom stereocenters. The number of aliphatic hydroxyl groups is 1. The summed E-state index contributed by atoms with van der Waals surface area (Å²) in [5.74, 6) is -2.81. The number of ether oxygens (including phenoxy) is 1. The maximum atomic E-state index is 13.7. The summed E-state index contributed by atoms with van der Waals surface area (Å²) in [6.07, 6.45) is 0. The van der Waals surface area contributed by atoms with Crippen molar-refractivity contribution in [2.24, 2.45) is 0 Å². The number of halogens is 1. The molecule has 1 aliphatic heterocycles. The number of fused-ring (bicyclic) bond motifs is 1. The largest absolute Gasteiger partial charge is 0.503 e. The lowest BCUT2D eigenvalue weighted by atomic mass is 9.95. The van der Waals surface area contributed by atoms with E-state index in [4.69, 9.17) is 9.15 Å². The molecule has 1 amide bonds. The smallest absolute Gasteiger partial charge is 0.296 e. The van der Waals surface area contributed by atoms with E-state index in [2.05, 4.69) is 4.98 Å². The van der Waals surface area contributed by atoms with E-state index < -0.39 is 29.3 Å². The molecule has 0 bridgehead atoms. The molecule has 0 saturated carbocycles. The third-order valence-electron chi connectivity index (χ3n) is 5.90. The molecule has 10 heteroatoms. The minimum Gasteiger partial charge on any atom is -0.503 e. The standard InChI is InChI=1S/C26H19FN2O6S/c1-12-24(13(2)30)36-26(28-12)29-20(14-7-9-16(27)10-8-14)19(22(32)25(29)33)21(31)18-11-15-5-4-6-17(34-3)23(15)35-18/h4-11,20,32H,1-3H3/t20-/m0/s1. The topological polar surface area (TPSA) is 110 Å². The predicted molar refractivity (Wildman–Crippen MR) is 130 cm³/mol. The number of nitrogens with zero attached hydrogens (tertiary/aromatic N) is 2. The van der Waals surface area contributed by atoms with Gasteiger partial charge in [-0.1, -0.05) is 35.6 Å². The van der Waals surface area contributed by atoms with Crippen molar-refractivity contribution < 1.29 is 33.0 Å². The molecule has 0 radical (unpaired) electrons. The maximum Gasteiger partial charge on any atom is 0.296 e. The number of benzene rings is 2. The third kappa shape index (κ3) is 3.66. The average molecular weight is 507 g/mol. The minimum atomic E-state index is -1.13. The molecule has 0 saturated heterocycles. The third-order valence-corrected chi connectivity index (χ3v) is 7.16. The van der Waals surface area contributed by atoms with Gasteiger partial charge in [0, 0.05) is 12.3 Å². The number of amides is 1. The fraction of sp³-hybridized carbons (Fsp3) is 0.154. The fourth-order valence-electron chi connectivity index (χ4n) is 4.25. The van der Waals surface area contributed by atoms with E-state index in [0.717, 1.165) is 16.2 Å². The quantitative estimate of drug-likeness (QED) is 0.352. The van der Waals surface area contributed by atoms with E-state index in [0.29, 0.717) is 32.9 Å². The summed E-state index contributed by atoms with van der Waals surface area (Å²) in [5.41, 5.74) is 0.867. The molecule has 2 aromatic heterocycles. The van der Waals surface area contributed by atoms with Gasteiger partial charge in [-0.2, -0.15) is 0 Å². The van der Waals surface area contributed by atoms with Gasteiger partial charge in [0.05, 0.1) is 29.3 Å². The van der Waals surface area contributed by atoms with Gasteiger partial charge in [0.1, 0.15) is 5.82 Å². The number of Topliss-reactive ketones (excluding diaryl/α,β-unsaturated/α-hetero) is 2. The second-order valence-electron chi connectivity index (χ2n) is 8.18. The van der Waals surface area contributed by atoms with Crippen LogP contribution in [0.4, 0.5) is 9.52 Å². The summed E-state index contributed by atoms with van der Waals surface area (Å²) in [6.45, 7) is 3.01. The van der Waals surface area contributed by atoms with E-state index in [9.17, 15) is 23.9 Å². The number of hydrogen-bond acceptors (Lipinski definition) is 8. The number of hydrogen-bond donors (Lipinski definition) is 1. The Morgan fingerprint density at radius 2 is 1.92 bits per heavy atom. The molecule has 182 valence electrons. The number of anilines is 1. The van der Waals surface area contributed by atoms with Crippen LogP contribution in [0.15, 0.2) is 64.3 Å². The van der Waals surface area contributed by atoms with E-state index in [-0.39, 0.29) is 22.2 Å². The monoisotopic (exact) mass is 506 g/mol. The minimum absolute atomic E-state index is 0.113. The number of aromatic nitrogens is 1. The van der Waals surface area contributed by atoms with Crippen molar-refractivity contribution in [3.63, 3.8) is 0 Å². The van der Waals surface area contributed by atoms with Crippen molar-refractivity contribution in [2.45, 2.75) is 19.9 Å². The second kappa shape index (κ2) is 8.72. The zero-order chi connectivity index (χ0) is 25.7. The lowest BCUT2D eigenvalue weighted by Crippen LogP contribution is -2.31. The Morgan fingerprint density at radius 1 is 1.19 bits per heavy atom. The Hall–Kier alpha value is -4.31. The molecule has 36 heavy (non-hydrogen) atoms. The first-order chi connectivity index (χ1) is 17.2. The highest BCUT2D eigenvalue weighted by Gasteiger charge is 2.46. The number of ketones is 2. The molecule has 4 aromatic rings. The van der Waals surface area contributed by atoms with Crippen LogP contribution < -0.4 is 9.64 Å². The van der Waals surface area contributed by atoms with E-state index >= 15 is 0 Å². The Balaban J connectivity index is 1.66. The van der Waals surface area contributed by atoms with Crippen LogP contribution >= 0.6 is 11.3 Å². The summed E-state index contributed by atoms with van der Waals surface area (Å²) >= 11 is 0.972. The molecule has 5 rings (SSSR count). The molecule has 0 fully saturated rings. The Morgan fingerprint density at radius 3 is 2.56 bits per heavy atom. The van der Waals surface area contributed by atoms with Crippen LogP contribution in [0.1, 0.15) is 44.4 Å². The number of aryl methyl sites for hydroxylation is 1. The number of furan rings is 1. The zero-order valence-electron chi connectivity index (χ0n) is 19.4. The zero-order valence-corrected chi connectivity index (χ0v) is 20.2. The molecule has 0 spiro atoms. The van der Waals surface area contributed by atoms with Gasteiger partial charge in [-0.05, 0) is 36.8 Å². The number of aliphatic hydroxyl groups excluding tert-OH is 1. The summed E-state index contributed by atoms with van der Waals surface area (Å²) in [4.78, 5) is 44.8. The lowest BCUT2D eigenvalue weighted by Gasteiger charge is -2.24. The highest BCUT2D eigenvalue weighted by Crippen LogP contribution is 2.44. The first kappa shape index (κ1) is 23.4. The van der Waals surface area contributed by atoms with Gasteiger partial charge < -0.3 is 14.3 Å². The maximum absolute atomic E-state index is 13.7. The van der Waals surface area contributed by atoms with Crippen LogP contribution in [0.5, 0.6) is 5.75 Å². The lowest BCUT2D eigenvalue weighted by molar-refractivity contribution is -0.117. The van der Waals surface area contributed by atoms with Crippen LogP contribution in [0, 0.1) is 12.7 Å². The Bertz CT molecular complexity index is 1580. The van der Waals surface area contributed by atoms with Gasteiger partial charge in [0.25, 0.3) is 5.91 Å². The SMILES string of the molecule is COc1cccc2cc(C(=O)C3=C(O)C(=O)N(c4nc(C)c(C(C)=O)s4)[C@H]3c3ccc(F)cc3)oc12. The van der Waals surface area contributed by atoms with Crippen molar-refractivity contribution in [1.82, 2.24) is 4.98 Å². The number of para-hydroxylation sites is 1. The van der Waals surface area contributed by atoms with E-state index in [1.807, 2.05) is 0 Å². The van der Waals surface area contributed by atoms with Gasteiger partial charge in [0.15, 0.2) is 33.8 Å². The van der Waals surface area contributed by atoms with Gasteiger partial charge in [-0.3, -0.25) is 19.3 Å².